The van der Waals surface area contributed by atoms with Crippen molar-refractivity contribution < 1.29 is 0 Å². The Morgan fingerprint density at radius 3 is 2.32 bits per heavy atom. The van der Waals surface area contributed by atoms with Crippen molar-refractivity contribution in [2.24, 2.45) is 23.2 Å². The fourth-order valence-corrected chi connectivity index (χ4v) is 5.45. The molecule has 4 fully saturated rings. The van der Waals surface area contributed by atoms with Crippen LogP contribution in [0, 0.1) is 34.5 Å². The summed E-state index contributed by atoms with van der Waals surface area (Å²) in [5.41, 5.74) is 6.84. The second-order valence-electron chi connectivity index (χ2n) is 7.14. The molecule has 4 aliphatic rings. The van der Waals surface area contributed by atoms with Gasteiger partial charge in [0.1, 0.15) is 11.9 Å². The fraction of sp³-hybridized carbons (Fsp3) is 0.733. The zero-order valence-corrected chi connectivity index (χ0v) is 11.2. The number of aromatic nitrogens is 2. The van der Waals surface area contributed by atoms with Crippen molar-refractivity contribution in [1.29, 1.82) is 5.26 Å². The lowest BCUT2D eigenvalue weighted by Gasteiger charge is -2.57. The van der Waals surface area contributed by atoms with Gasteiger partial charge in [0.05, 0.1) is 6.33 Å². The fourth-order valence-electron chi connectivity index (χ4n) is 5.45. The number of hydrogen-bond donors (Lipinski definition) is 1. The Morgan fingerprint density at radius 2 is 1.84 bits per heavy atom. The smallest absolute Gasteiger partial charge is 0.182 e. The molecular formula is C15H20N4. The minimum absolute atomic E-state index is 0.379. The Bertz CT molecular complexity index is 516. The van der Waals surface area contributed by atoms with Crippen molar-refractivity contribution in [1.82, 2.24) is 9.55 Å². The minimum Gasteiger partial charge on any atom is -0.383 e. The summed E-state index contributed by atoms with van der Waals surface area (Å²) >= 11 is 0. The maximum absolute atomic E-state index is 8.96. The summed E-state index contributed by atoms with van der Waals surface area (Å²) < 4.78 is 2.02. The molecular weight excluding hydrogens is 236 g/mol. The molecule has 0 aliphatic heterocycles. The van der Waals surface area contributed by atoms with E-state index in [9.17, 15) is 0 Å². The molecule has 1 aromatic rings. The number of nitrogen functional groups attached to an aromatic ring is 1. The number of nitrogens with two attached hydrogens (primary N) is 1. The first-order chi connectivity index (χ1) is 9.17. The second kappa shape index (κ2) is 3.75. The van der Waals surface area contributed by atoms with Crippen molar-refractivity contribution in [3.63, 3.8) is 0 Å². The molecule has 1 heterocycles. The molecule has 2 N–H and O–H groups in total. The van der Waals surface area contributed by atoms with Gasteiger partial charge in [-0.25, -0.2) is 4.98 Å². The van der Waals surface area contributed by atoms with E-state index in [1.807, 2.05) is 4.57 Å². The van der Waals surface area contributed by atoms with Gasteiger partial charge in [0.2, 0.25) is 0 Å². The van der Waals surface area contributed by atoms with Gasteiger partial charge in [0.15, 0.2) is 5.69 Å². The van der Waals surface area contributed by atoms with Crippen LogP contribution in [-0.2, 0) is 6.54 Å². The van der Waals surface area contributed by atoms with Gasteiger partial charge in [-0.15, -0.1) is 0 Å². The van der Waals surface area contributed by atoms with Crippen LogP contribution in [0.5, 0.6) is 0 Å². The molecule has 4 heteroatoms. The Balaban J connectivity index is 1.62. The number of hydrogen-bond acceptors (Lipinski definition) is 3. The Morgan fingerprint density at radius 1 is 1.26 bits per heavy atom. The van der Waals surface area contributed by atoms with Gasteiger partial charge in [-0.2, -0.15) is 5.26 Å². The highest BCUT2D eigenvalue weighted by molar-refractivity contribution is 5.44. The van der Waals surface area contributed by atoms with E-state index >= 15 is 0 Å². The molecule has 0 unspecified atom stereocenters. The van der Waals surface area contributed by atoms with Crippen molar-refractivity contribution in [3.8, 4) is 6.07 Å². The normalized spacial score (nSPS) is 39.4. The number of anilines is 1. The van der Waals surface area contributed by atoms with Gasteiger partial charge in [0.25, 0.3) is 0 Å². The van der Waals surface area contributed by atoms with Crippen LogP contribution in [0.4, 0.5) is 5.82 Å². The molecule has 4 saturated carbocycles. The van der Waals surface area contributed by atoms with Crippen LogP contribution in [0.15, 0.2) is 6.33 Å². The highest BCUT2D eigenvalue weighted by Gasteiger charge is 2.50. The number of nitriles is 1. The summed E-state index contributed by atoms with van der Waals surface area (Å²) in [6.07, 6.45) is 10.2. The summed E-state index contributed by atoms with van der Waals surface area (Å²) in [5.74, 6) is 3.41. The van der Waals surface area contributed by atoms with Crippen LogP contribution in [0.3, 0.4) is 0 Å². The highest BCUT2D eigenvalue weighted by Crippen LogP contribution is 2.60. The summed E-state index contributed by atoms with van der Waals surface area (Å²) in [6.45, 7) is 0.969. The van der Waals surface area contributed by atoms with Crippen LogP contribution in [-0.4, -0.2) is 9.55 Å². The van der Waals surface area contributed by atoms with Gasteiger partial charge in [-0.3, -0.25) is 0 Å². The molecule has 4 nitrogen and oxygen atoms in total. The third-order valence-corrected chi connectivity index (χ3v) is 5.65. The standard InChI is InChI=1S/C15H20N4/c16-7-13-14(17)19(9-18-13)8-15-4-10-1-11(5-15)3-12(2-10)6-15/h9-12H,1-6,8,17H2. The SMILES string of the molecule is N#Cc1ncn(CC23CC4CC(CC(C4)C2)C3)c1N. The molecule has 0 aromatic carbocycles. The molecule has 4 bridgehead atoms. The molecule has 0 radical (unpaired) electrons. The molecule has 4 aliphatic carbocycles. The molecule has 5 rings (SSSR count). The van der Waals surface area contributed by atoms with Crippen molar-refractivity contribution in [3.05, 3.63) is 12.0 Å². The van der Waals surface area contributed by atoms with Gasteiger partial charge in [0, 0.05) is 6.54 Å². The maximum atomic E-state index is 8.96. The monoisotopic (exact) mass is 256 g/mol. The first-order valence-corrected chi connectivity index (χ1v) is 7.38. The lowest BCUT2D eigenvalue weighted by Crippen LogP contribution is -2.47. The van der Waals surface area contributed by atoms with Crippen LogP contribution in [0.2, 0.25) is 0 Å². The summed E-state index contributed by atoms with van der Waals surface area (Å²) in [5, 5.41) is 8.96. The average molecular weight is 256 g/mol. The van der Waals surface area contributed by atoms with Crippen molar-refractivity contribution in [2.45, 2.75) is 45.1 Å². The van der Waals surface area contributed by atoms with Crippen molar-refractivity contribution in [2.75, 3.05) is 5.73 Å². The zero-order chi connectivity index (χ0) is 13.0. The largest absolute Gasteiger partial charge is 0.383 e. The molecule has 19 heavy (non-hydrogen) atoms. The van der Waals surface area contributed by atoms with E-state index < -0.39 is 0 Å². The van der Waals surface area contributed by atoms with Crippen LogP contribution in [0.1, 0.15) is 44.2 Å². The van der Waals surface area contributed by atoms with E-state index in [4.69, 9.17) is 11.0 Å². The predicted molar refractivity (Wildman–Crippen MR) is 72.0 cm³/mol. The van der Waals surface area contributed by atoms with E-state index in [1.165, 1.54) is 38.5 Å². The molecule has 0 atom stereocenters. The van der Waals surface area contributed by atoms with E-state index in [0.29, 0.717) is 16.9 Å². The molecule has 0 saturated heterocycles. The van der Waals surface area contributed by atoms with Crippen LogP contribution >= 0.6 is 0 Å². The Hall–Kier alpha value is -1.50. The average Bonchev–Trinajstić information content (AvgIpc) is 2.68. The quantitative estimate of drug-likeness (QED) is 0.884. The maximum Gasteiger partial charge on any atom is 0.182 e. The third-order valence-electron chi connectivity index (χ3n) is 5.65. The topological polar surface area (TPSA) is 67.6 Å². The number of imidazole rings is 1. The lowest BCUT2D eigenvalue weighted by atomic mass is 9.49. The second-order valence-corrected chi connectivity index (χ2v) is 7.14. The lowest BCUT2D eigenvalue weighted by molar-refractivity contribution is -0.0616. The first-order valence-electron chi connectivity index (χ1n) is 7.38. The van der Waals surface area contributed by atoms with Crippen LogP contribution < -0.4 is 5.73 Å². The summed E-state index contributed by atoms with van der Waals surface area (Å²) in [6, 6.07) is 2.07. The van der Waals surface area contributed by atoms with E-state index in [0.717, 1.165) is 24.3 Å². The van der Waals surface area contributed by atoms with E-state index in [2.05, 4.69) is 11.1 Å². The zero-order valence-electron chi connectivity index (χ0n) is 11.2. The Labute approximate surface area is 113 Å². The predicted octanol–water partition coefficient (Wildman–Crippen LogP) is 2.55. The molecule has 0 amide bonds. The van der Waals surface area contributed by atoms with Gasteiger partial charge >= 0.3 is 0 Å². The van der Waals surface area contributed by atoms with Gasteiger partial charge in [-0.05, 0) is 61.7 Å². The van der Waals surface area contributed by atoms with Crippen LogP contribution in [0.25, 0.3) is 0 Å². The Kier molecular flexibility index (Phi) is 2.24. The summed E-state index contributed by atoms with van der Waals surface area (Å²) in [4.78, 5) is 4.11. The van der Waals surface area contributed by atoms with Crippen molar-refractivity contribution >= 4 is 5.82 Å². The highest BCUT2D eigenvalue weighted by atomic mass is 15.1. The first kappa shape index (κ1) is 11.3. The molecule has 100 valence electrons. The number of nitrogens with zero attached hydrogens (tertiary/aromatic N) is 3. The van der Waals surface area contributed by atoms with E-state index in [1.54, 1.807) is 6.33 Å². The van der Waals surface area contributed by atoms with Gasteiger partial charge < -0.3 is 10.3 Å². The molecule has 1 aromatic heterocycles. The minimum atomic E-state index is 0.379. The number of rotatable bonds is 2. The molecule has 0 spiro atoms. The summed E-state index contributed by atoms with van der Waals surface area (Å²) in [7, 11) is 0. The van der Waals surface area contributed by atoms with Gasteiger partial charge in [-0.1, -0.05) is 0 Å². The third kappa shape index (κ3) is 1.68. The van der Waals surface area contributed by atoms with E-state index in [-0.39, 0.29) is 0 Å².